The fourth-order valence-corrected chi connectivity index (χ4v) is 2.06. The maximum Gasteiger partial charge on any atom is 0.168 e. The van der Waals surface area contributed by atoms with E-state index in [2.05, 4.69) is 31.9 Å². The topological polar surface area (TPSA) is 9.23 Å². The van der Waals surface area contributed by atoms with E-state index in [0.717, 1.165) is 0 Å². The average molecular weight is 284 g/mol. The second kappa shape index (κ2) is 3.54. The minimum absolute atomic E-state index is 0.230. The van der Waals surface area contributed by atoms with Crippen LogP contribution in [0.1, 0.15) is 0 Å². The molecule has 60 valence electrons. The summed E-state index contributed by atoms with van der Waals surface area (Å²) < 4.78 is 19.0. The Hall–Kier alpha value is -0.0900. The van der Waals surface area contributed by atoms with Gasteiger partial charge in [0.2, 0.25) is 0 Å². The summed E-state index contributed by atoms with van der Waals surface area (Å²) in [5, 5.41) is 0. The highest BCUT2D eigenvalue weighted by Gasteiger charge is 2.07. The lowest BCUT2D eigenvalue weighted by molar-refractivity contribution is 0.383. The SMILES string of the molecule is COc1c(F)cc(Br)cc1Br. The van der Waals surface area contributed by atoms with Gasteiger partial charge in [-0.15, -0.1) is 0 Å². The smallest absolute Gasteiger partial charge is 0.168 e. The Kier molecular flexibility index (Phi) is 2.90. The summed E-state index contributed by atoms with van der Waals surface area (Å²) in [6.07, 6.45) is 0. The van der Waals surface area contributed by atoms with Crippen molar-refractivity contribution in [1.29, 1.82) is 0 Å². The lowest BCUT2D eigenvalue weighted by atomic mass is 10.3. The zero-order valence-corrected chi connectivity index (χ0v) is 8.87. The molecule has 0 fully saturated rings. The quantitative estimate of drug-likeness (QED) is 0.768. The molecule has 0 aliphatic heterocycles. The Bertz CT molecular complexity index is 252. The average Bonchev–Trinajstić information content (AvgIpc) is 1.85. The largest absolute Gasteiger partial charge is 0.492 e. The van der Waals surface area contributed by atoms with Gasteiger partial charge in [-0.05, 0) is 28.1 Å². The minimum Gasteiger partial charge on any atom is -0.492 e. The second-order valence-electron chi connectivity index (χ2n) is 1.90. The predicted molar refractivity (Wildman–Crippen MR) is 48.4 cm³/mol. The van der Waals surface area contributed by atoms with Gasteiger partial charge in [0.05, 0.1) is 11.6 Å². The molecule has 0 radical (unpaired) electrons. The first-order valence-corrected chi connectivity index (χ1v) is 4.42. The number of methoxy groups -OCH3 is 1. The Balaban J connectivity index is 3.25. The summed E-state index contributed by atoms with van der Waals surface area (Å²) in [6.45, 7) is 0. The minimum atomic E-state index is -0.381. The highest BCUT2D eigenvalue weighted by molar-refractivity contribution is 9.11. The van der Waals surface area contributed by atoms with Crippen LogP contribution >= 0.6 is 31.9 Å². The third kappa shape index (κ3) is 1.93. The summed E-state index contributed by atoms with van der Waals surface area (Å²) in [5.74, 6) is -0.151. The lowest BCUT2D eigenvalue weighted by Gasteiger charge is -2.03. The number of benzene rings is 1. The molecule has 4 heteroatoms. The lowest BCUT2D eigenvalue weighted by Crippen LogP contribution is -1.88. The molecular weight excluding hydrogens is 279 g/mol. The van der Waals surface area contributed by atoms with Crippen molar-refractivity contribution >= 4 is 31.9 Å². The van der Waals surface area contributed by atoms with Gasteiger partial charge in [0.1, 0.15) is 0 Å². The van der Waals surface area contributed by atoms with Crippen LogP contribution in [-0.2, 0) is 0 Å². The van der Waals surface area contributed by atoms with Crippen LogP contribution in [0, 0.1) is 5.82 Å². The number of hydrogen-bond acceptors (Lipinski definition) is 1. The van der Waals surface area contributed by atoms with E-state index < -0.39 is 0 Å². The summed E-state index contributed by atoms with van der Waals surface area (Å²) >= 11 is 6.31. The van der Waals surface area contributed by atoms with Crippen LogP contribution in [0.4, 0.5) is 4.39 Å². The van der Waals surface area contributed by atoms with Crippen LogP contribution in [0.3, 0.4) is 0 Å². The molecule has 1 nitrogen and oxygen atoms in total. The van der Waals surface area contributed by atoms with Crippen LogP contribution < -0.4 is 4.74 Å². The molecule has 1 aromatic carbocycles. The van der Waals surface area contributed by atoms with E-state index in [4.69, 9.17) is 4.74 Å². The van der Waals surface area contributed by atoms with Crippen molar-refractivity contribution in [2.45, 2.75) is 0 Å². The fraction of sp³-hybridized carbons (Fsp3) is 0.143. The Morgan fingerprint density at radius 3 is 2.45 bits per heavy atom. The van der Waals surface area contributed by atoms with Crippen molar-refractivity contribution in [3.63, 3.8) is 0 Å². The molecule has 0 aromatic heterocycles. The number of halogens is 3. The van der Waals surface area contributed by atoms with Gasteiger partial charge < -0.3 is 4.74 Å². The fourth-order valence-electron chi connectivity index (χ4n) is 0.724. The number of ether oxygens (including phenoxy) is 1. The first-order valence-electron chi connectivity index (χ1n) is 2.83. The van der Waals surface area contributed by atoms with E-state index in [1.807, 2.05) is 0 Å². The first-order chi connectivity index (χ1) is 5.15. The van der Waals surface area contributed by atoms with E-state index in [9.17, 15) is 4.39 Å². The molecule has 0 saturated heterocycles. The van der Waals surface area contributed by atoms with Crippen molar-refractivity contribution in [2.24, 2.45) is 0 Å². The molecule has 0 spiro atoms. The van der Waals surface area contributed by atoms with Crippen LogP contribution in [0.5, 0.6) is 5.75 Å². The zero-order valence-electron chi connectivity index (χ0n) is 5.70. The molecule has 1 aromatic rings. The van der Waals surface area contributed by atoms with Gasteiger partial charge in [0.25, 0.3) is 0 Å². The summed E-state index contributed by atoms with van der Waals surface area (Å²) in [6, 6.07) is 3.07. The van der Waals surface area contributed by atoms with Gasteiger partial charge in [0.15, 0.2) is 11.6 Å². The third-order valence-electron chi connectivity index (χ3n) is 1.17. The maximum atomic E-state index is 12.9. The summed E-state index contributed by atoms with van der Waals surface area (Å²) in [4.78, 5) is 0. The van der Waals surface area contributed by atoms with Crippen molar-refractivity contribution in [3.05, 3.63) is 26.9 Å². The Morgan fingerprint density at radius 2 is 2.00 bits per heavy atom. The number of hydrogen-bond donors (Lipinski definition) is 0. The molecule has 0 bridgehead atoms. The molecule has 0 saturated carbocycles. The van der Waals surface area contributed by atoms with Crippen LogP contribution in [0.2, 0.25) is 0 Å². The van der Waals surface area contributed by atoms with E-state index in [-0.39, 0.29) is 11.6 Å². The van der Waals surface area contributed by atoms with Gasteiger partial charge in [-0.3, -0.25) is 0 Å². The van der Waals surface area contributed by atoms with Gasteiger partial charge in [-0.2, -0.15) is 0 Å². The molecule has 1 rings (SSSR count). The first kappa shape index (κ1) is 9.00. The number of rotatable bonds is 1. The second-order valence-corrected chi connectivity index (χ2v) is 3.67. The van der Waals surface area contributed by atoms with Crippen molar-refractivity contribution in [2.75, 3.05) is 7.11 Å². The molecule has 0 unspecified atom stereocenters. The Labute approximate surface area is 80.8 Å². The molecule has 11 heavy (non-hydrogen) atoms. The summed E-state index contributed by atoms with van der Waals surface area (Å²) in [5.41, 5.74) is 0. The van der Waals surface area contributed by atoms with E-state index in [1.54, 1.807) is 6.07 Å². The van der Waals surface area contributed by atoms with E-state index >= 15 is 0 Å². The Morgan fingerprint density at radius 1 is 1.36 bits per heavy atom. The van der Waals surface area contributed by atoms with Gasteiger partial charge in [0, 0.05) is 4.47 Å². The normalized spacial score (nSPS) is 9.82. The molecule has 0 N–H and O–H groups in total. The zero-order chi connectivity index (χ0) is 8.43. The monoisotopic (exact) mass is 282 g/mol. The molecule has 0 aliphatic carbocycles. The van der Waals surface area contributed by atoms with Crippen LogP contribution in [0.25, 0.3) is 0 Å². The van der Waals surface area contributed by atoms with Crippen molar-refractivity contribution in [1.82, 2.24) is 0 Å². The maximum absolute atomic E-state index is 12.9. The van der Waals surface area contributed by atoms with Crippen molar-refractivity contribution in [3.8, 4) is 5.75 Å². The molecule has 0 atom stereocenters. The molecular formula is C7H5Br2FO. The van der Waals surface area contributed by atoms with Gasteiger partial charge in [-0.1, -0.05) is 15.9 Å². The van der Waals surface area contributed by atoms with Crippen LogP contribution in [-0.4, -0.2) is 7.11 Å². The van der Waals surface area contributed by atoms with E-state index in [0.29, 0.717) is 8.95 Å². The molecule has 0 amide bonds. The highest BCUT2D eigenvalue weighted by Crippen LogP contribution is 2.30. The predicted octanol–water partition coefficient (Wildman–Crippen LogP) is 3.36. The van der Waals surface area contributed by atoms with E-state index in [1.165, 1.54) is 13.2 Å². The van der Waals surface area contributed by atoms with Crippen LogP contribution in [0.15, 0.2) is 21.1 Å². The molecule has 0 aliphatic rings. The summed E-state index contributed by atoms with van der Waals surface area (Å²) in [7, 11) is 1.43. The highest BCUT2D eigenvalue weighted by atomic mass is 79.9. The molecule has 0 heterocycles. The van der Waals surface area contributed by atoms with Gasteiger partial charge in [-0.25, -0.2) is 4.39 Å². The standard InChI is InChI=1S/C7H5Br2FO/c1-11-7-5(9)2-4(8)3-6(7)10/h2-3H,1H3. The third-order valence-corrected chi connectivity index (χ3v) is 2.21. The van der Waals surface area contributed by atoms with Crippen molar-refractivity contribution < 1.29 is 9.13 Å². The van der Waals surface area contributed by atoms with Gasteiger partial charge >= 0.3 is 0 Å².